The monoisotopic (exact) mass is 494 g/mol. The number of anilines is 1. The Labute approximate surface area is 209 Å². The van der Waals surface area contributed by atoms with Crippen LogP contribution in [0.5, 0.6) is 11.5 Å². The fourth-order valence-corrected chi connectivity index (χ4v) is 6.64. The van der Waals surface area contributed by atoms with E-state index in [1.54, 1.807) is 13.0 Å². The van der Waals surface area contributed by atoms with E-state index < -0.39 is 28.8 Å². The van der Waals surface area contributed by atoms with Gasteiger partial charge in [0.2, 0.25) is 0 Å². The number of phenols is 1. The number of nitrogens with one attached hydrogen (secondary N) is 1. The van der Waals surface area contributed by atoms with E-state index in [1.807, 2.05) is 6.07 Å². The Hall–Kier alpha value is -3.10. The Kier molecular flexibility index (Phi) is 5.15. The molecular formula is C28H31FN2O5. The number of rotatable bonds is 5. The maximum atomic E-state index is 13.3. The SMILES string of the molecule is C/C(C(=O)Nc1ccc(F)cc1)=C(/O)[C@@H]1Oc2c(O)ccc3c2[C@@]12CCN(CC1CC1)[C@H](C3)[C@@]2(C)O. The Morgan fingerprint density at radius 2 is 1.94 bits per heavy atom. The second kappa shape index (κ2) is 7.95. The molecule has 1 amide bonds. The van der Waals surface area contributed by atoms with Gasteiger partial charge >= 0.3 is 0 Å². The molecule has 1 saturated carbocycles. The Bertz CT molecular complexity index is 1270. The van der Waals surface area contributed by atoms with Crippen LogP contribution in [-0.4, -0.2) is 57.0 Å². The number of halogens is 1. The molecule has 4 N–H and O–H groups in total. The highest BCUT2D eigenvalue weighted by Gasteiger charge is 2.69. The third-order valence-corrected chi connectivity index (χ3v) is 8.82. The maximum Gasteiger partial charge on any atom is 0.254 e. The number of carbonyl (C=O) groups is 1. The highest BCUT2D eigenvalue weighted by molar-refractivity contribution is 6.03. The van der Waals surface area contributed by atoms with E-state index in [4.69, 9.17) is 4.74 Å². The minimum absolute atomic E-state index is 0.0332. The molecule has 6 rings (SSSR count). The van der Waals surface area contributed by atoms with Crippen LogP contribution in [0.2, 0.25) is 0 Å². The summed E-state index contributed by atoms with van der Waals surface area (Å²) in [6.07, 6.45) is 2.51. The minimum Gasteiger partial charge on any atom is -0.508 e. The van der Waals surface area contributed by atoms with Crippen molar-refractivity contribution in [1.29, 1.82) is 0 Å². The predicted octanol–water partition coefficient (Wildman–Crippen LogP) is 3.79. The predicted molar refractivity (Wildman–Crippen MR) is 132 cm³/mol. The van der Waals surface area contributed by atoms with E-state index in [0.717, 1.165) is 24.2 Å². The van der Waals surface area contributed by atoms with Gasteiger partial charge in [-0.1, -0.05) is 6.07 Å². The second-order valence-corrected chi connectivity index (χ2v) is 10.9. The average molecular weight is 495 g/mol. The summed E-state index contributed by atoms with van der Waals surface area (Å²) in [6.45, 7) is 4.95. The summed E-state index contributed by atoms with van der Waals surface area (Å²) in [6, 6.07) is 8.66. The standard InChI is InChI=1S/C28H31FN2O5/c1-15(26(34)30-19-8-6-18(29)7-9-19)23(33)25-28-11-12-31(14-16-3-4-16)21(27(28,2)35)13-17-5-10-20(32)24(36-25)22(17)28/h5-10,16,21,25,32-33,35H,3-4,11-14H2,1-2H3,(H,30,34)/b23-15-/t21-,25+,27-,28+/m1/s1. The zero-order chi connectivity index (χ0) is 25.4. The highest BCUT2D eigenvalue weighted by Crippen LogP contribution is 2.63. The first kappa shape index (κ1) is 23.3. The van der Waals surface area contributed by atoms with Gasteiger partial charge < -0.3 is 25.4 Å². The summed E-state index contributed by atoms with van der Waals surface area (Å²) >= 11 is 0. The van der Waals surface area contributed by atoms with Crippen LogP contribution in [0.4, 0.5) is 10.1 Å². The zero-order valence-corrected chi connectivity index (χ0v) is 20.4. The molecule has 2 aromatic rings. The third-order valence-electron chi connectivity index (χ3n) is 8.82. The van der Waals surface area contributed by atoms with Crippen molar-refractivity contribution >= 4 is 11.6 Å². The number of ether oxygens (including phenoxy) is 1. The van der Waals surface area contributed by atoms with Crippen molar-refractivity contribution in [2.24, 2.45) is 5.92 Å². The number of amides is 1. The molecule has 36 heavy (non-hydrogen) atoms. The van der Waals surface area contributed by atoms with E-state index in [9.17, 15) is 24.5 Å². The van der Waals surface area contributed by atoms with Crippen LogP contribution in [0.1, 0.15) is 44.2 Å². The number of fused-ring (bicyclic) bond motifs is 1. The van der Waals surface area contributed by atoms with Crippen LogP contribution in [0, 0.1) is 11.7 Å². The summed E-state index contributed by atoms with van der Waals surface area (Å²) in [7, 11) is 0. The van der Waals surface area contributed by atoms with Crippen molar-refractivity contribution in [1.82, 2.24) is 4.90 Å². The number of aliphatic hydroxyl groups excluding tert-OH is 1. The van der Waals surface area contributed by atoms with E-state index in [1.165, 1.54) is 44.0 Å². The van der Waals surface area contributed by atoms with Crippen molar-refractivity contribution in [3.05, 3.63) is 64.7 Å². The summed E-state index contributed by atoms with van der Waals surface area (Å²) in [5, 5.41) is 37.0. The number of hydrogen-bond donors (Lipinski definition) is 4. The van der Waals surface area contributed by atoms with E-state index in [2.05, 4.69) is 10.2 Å². The van der Waals surface area contributed by atoms with Crippen LogP contribution >= 0.6 is 0 Å². The lowest BCUT2D eigenvalue weighted by molar-refractivity contribution is -0.153. The van der Waals surface area contributed by atoms with Crippen LogP contribution in [0.25, 0.3) is 0 Å². The fourth-order valence-electron chi connectivity index (χ4n) is 6.64. The number of hydrogen-bond acceptors (Lipinski definition) is 6. The van der Waals surface area contributed by atoms with Gasteiger partial charge in [-0.3, -0.25) is 9.69 Å². The zero-order valence-electron chi connectivity index (χ0n) is 20.4. The lowest BCUT2D eigenvalue weighted by atomic mass is 9.53. The van der Waals surface area contributed by atoms with Gasteiger partial charge in [-0.05, 0) is 87.9 Å². The van der Waals surface area contributed by atoms with Gasteiger partial charge in [0.05, 0.1) is 16.6 Å². The Balaban J connectivity index is 1.41. The number of piperidine rings is 1. The maximum absolute atomic E-state index is 13.3. The summed E-state index contributed by atoms with van der Waals surface area (Å²) in [4.78, 5) is 15.4. The number of aliphatic hydroxyl groups is 2. The Morgan fingerprint density at radius 3 is 2.64 bits per heavy atom. The molecule has 2 aromatic carbocycles. The number of aromatic hydroxyl groups is 1. The number of carbonyl (C=O) groups excluding carboxylic acids is 1. The smallest absolute Gasteiger partial charge is 0.254 e. The van der Waals surface area contributed by atoms with E-state index in [0.29, 0.717) is 24.4 Å². The number of nitrogens with zero attached hydrogens (tertiary/aromatic N) is 1. The third kappa shape index (κ3) is 3.27. The summed E-state index contributed by atoms with van der Waals surface area (Å²) < 4.78 is 19.5. The molecule has 0 radical (unpaired) electrons. The highest BCUT2D eigenvalue weighted by atomic mass is 19.1. The normalized spacial score (nSPS) is 31.3. The second-order valence-electron chi connectivity index (χ2n) is 10.9. The molecule has 2 bridgehead atoms. The minimum atomic E-state index is -1.28. The molecule has 2 aliphatic carbocycles. The van der Waals surface area contributed by atoms with Gasteiger partial charge in [-0.2, -0.15) is 0 Å². The largest absolute Gasteiger partial charge is 0.508 e. The average Bonchev–Trinajstić information content (AvgIpc) is 3.58. The lowest BCUT2D eigenvalue weighted by Gasteiger charge is -2.59. The van der Waals surface area contributed by atoms with E-state index >= 15 is 0 Å². The molecule has 1 saturated heterocycles. The molecule has 1 spiro atoms. The van der Waals surface area contributed by atoms with Crippen LogP contribution in [-0.2, 0) is 16.6 Å². The van der Waals surface area contributed by atoms with Gasteiger partial charge in [0.1, 0.15) is 11.6 Å². The van der Waals surface area contributed by atoms with Crippen molar-refractivity contribution in [3.63, 3.8) is 0 Å². The van der Waals surface area contributed by atoms with Gasteiger partial charge in [-0.15, -0.1) is 0 Å². The van der Waals surface area contributed by atoms with Gasteiger partial charge in [-0.25, -0.2) is 4.39 Å². The van der Waals surface area contributed by atoms with Crippen molar-refractivity contribution < 1.29 is 29.2 Å². The summed E-state index contributed by atoms with van der Waals surface area (Å²) in [5.74, 6) is -0.382. The molecular weight excluding hydrogens is 463 g/mol. The number of benzene rings is 2. The first-order valence-corrected chi connectivity index (χ1v) is 12.6. The molecule has 2 fully saturated rings. The molecule has 7 nitrogen and oxygen atoms in total. The molecule has 8 heteroatoms. The van der Waals surface area contributed by atoms with Crippen molar-refractivity contribution in [3.8, 4) is 11.5 Å². The van der Waals surface area contributed by atoms with Crippen molar-refractivity contribution in [2.75, 3.05) is 18.4 Å². The van der Waals surface area contributed by atoms with Crippen LogP contribution in [0.3, 0.4) is 0 Å². The Morgan fingerprint density at radius 1 is 1.22 bits per heavy atom. The topological polar surface area (TPSA) is 102 Å². The van der Waals surface area contributed by atoms with Gasteiger partial charge in [0.15, 0.2) is 17.6 Å². The van der Waals surface area contributed by atoms with Crippen LogP contribution in [0.15, 0.2) is 47.7 Å². The molecule has 2 aliphatic heterocycles. The quantitative estimate of drug-likeness (QED) is 0.373. The number of phenolic OH excluding ortho intramolecular Hbond substituents is 1. The summed E-state index contributed by atoms with van der Waals surface area (Å²) in [5.41, 5.74) is -0.160. The molecule has 4 atom stereocenters. The molecule has 2 heterocycles. The first-order valence-electron chi connectivity index (χ1n) is 12.6. The van der Waals surface area contributed by atoms with Crippen molar-refractivity contribution in [2.45, 2.75) is 62.7 Å². The molecule has 0 aromatic heterocycles. The molecule has 190 valence electrons. The van der Waals surface area contributed by atoms with Crippen LogP contribution < -0.4 is 10.1 Å². The number of likely N-dealkylation sites (tertiary alicyclic amines) is 1. The molecule has 0 unspecified atom stereocenters. The van der Waals surface area contributed by atoms with Gasteiger partial charge in [0, 0.05) is 23.8 Å². The first-order chi connectivity index (χ1) is 17.1. The van der Waals surface area contributed by atoms with E-state index in [-0.39, 0.29) is 28.9 Å². The fraction of sp³-hybridized carbons (Fsp3) is 0.464. The lowest BCUT2D eigenvalue weighted by Crippen LogP contribution is -2.73. The van der Waals surface area contributed by atoms with Gasteiger partial charge in [0.25, 0.3) is 5.91 Å². The molecule has 4 aliphatic rings.